The quantitative estimate of drug-likeness (QED) is 0.165. The summed E-state index contributed by atoms with van der Waals surface area (Å²) >= 11 is 0. The summed E-state index contributed by atoms with van der Waals surface area (Å²) in [6.45, 7) is 9.46. The van der Waals surface area contributed by atoms with Gasteiger partial charge in [-0.3, -0.25) is 9.97 Å². The third kappa shape index (κ3) is 6.62. The van der Waals surface area contributed by atoms with Gasteiger partial charge < -0.3 is 0 Å². The molecule has 0 aliphatic heterocycles. The van der Waals surface area contributed by atoms with Crippen LogP contribution < -0.4 is 0 Å². The van der Waals surface area contributed by atoms with Crippen LogP contribution in [0.1, 0.15) is 67.9 Å². The van der Waals surface area contributed by atoms with E-state index in [2.05, 4.69) is 167 Å². The van der Waals surface area contributed by atoms with Gasteiger partial charge in [-0.15, -0.1) is 0 Å². The van der Waals surface area contributed by atoms with E-state index >= 15 is 0 Å². The van der Waals surface area contributed by atoms with Crippen LogP contribution >= 0.6 is 0 Å². The first-order valence-corrected chi connectivity index (χ1v) is 24.9. The number of hydrogen-bond donors (Lipinski definition) is 0. The van der Waals surface area contributed by atoms with Crippen LogP contribution in [0, 0.1) is 0 Å². The molecule has 8 aromatic carbocycles. The van der Waals surface area contributed by atoms with Crippen LogP contribution in [0.5, 0.6) is 0 Å². The molecule has 14 rings (SSSR count). The molecule has 0 bridgehead atoms. The van der Waals surface area contributed by atoms with Gasteiger partial charge in [0, 0.05) is 44.4 Å². The van der Waals surface area contributed by atoms with E-state index in [1.54, 1.807) is 0 Å². The van der Waals surface area contributed by atoms with Gasteiger partial charge in [0.15, 0.2) is 5.82 Å². The topological polar surface area (TPSA) is 77.3 Å². The van der Waals surface area contributed by atoms with Crippen LogP contribution in [0.2, 0.25) is 0 Å². The zero-order chi connectivity index (χ0) is 48.3. The Morgan fingerprint density at radius 2 is 0.972 bits per heavy atom. The molecule has 0 amide bonds. The lowest BCUT2D eigenvalue weighted by Crippen LogP contribution is -2.17. The number of fused-ring (bicyclic) bond motifs is 9. The van der Waals surface area contributed by atoms with Crippen molar-refractivity contribution in [3.63, 3.8) is 0 Å². The second kappa shape index (κ2) is 15.9. The summed E-state index contributed by atoms with van der Waals surface area (Å²) in [7, 11) is 0. The Bertz CT molecular complexity index is 4120. The molecule has 0 radical (unpaired) electrons. The average Bonchev–Trinajstić information content (AvgIpc) is 3.81. The average molecular weight is 925 g/mol. The van der Waals surface area contributed by atoms with Crippen molar-refractivity contribution in [1.82, 2.24) is 29.9 Å². The van der Waals surface area contributed by atoms with Crippen LogP contribution in [-0.2, 0) is 10.8 Å². The Balaban J connectivity index is 0.974. The molecule has 0 saturated heterocycles. The molecule has 0 saturated carbocycles. The molecule has 0 spiro atoms. The van der Waals surface area contributed by atoms with E-state index in [-0.39, 0.29) is 16.7 Å². The minimum atomic E-state index is -0.144. The maximum absolute atomic E-state index is 5.64. The lowest BCUT2D eigenvalue weighted by atomic mass is 9.76. The lowest BCUT2D eigenvalue weighted by molar-refractivity contribution is 0.648. The molecule has 3 aromatic heterocycles. The molecule has 6 heteroatoms. The van der Waals surface area contributed by atoms with Gasteiger partial charge in [0.25, 0.3) is 0 Å². The molecule has 72 heavy (non-hydrogen) atoms. The minimum absolute atomic E-state index is 0.0632. The van der Waals surface area contributed by atoms with Crippen LogP contribution in [-0.4, -0.2) is 29.9 Å². The van der Waals surface area contributed by atoms with E-state index in [0.717, 1.165) is 84.3 Å². The fourth-order valence-corrected chi connectivity index (χ4v) is 11.9. The molecule has 0 fully saturated rings. The van der Waals surface area contributed by atoms with Crippen LogP contribution in [0.15, 0.2) is 206 Å². The van der Waals surface area contributed by atoms with E-state index in [0.29, 0.717) is 5.82 Å². The van der Waals surface area contributed by atoms with E-state index in [9.17, 15) is 0 Å². The molecular formula is C66H48N6. The number of aromatic nitrogens is 6. The molecular weight excluding hydrogens is 877 g/mol. The SMILES string of the molecule is CC1(C)C2=CC(c3cc(-c4ccc5c(c4)C(C)(C)c4ccccc4-5)cc4c(-c5ccc(-c6cnc7ccccc7n6)cc5)nc(-c5ccc(-c6cnc7ccccc7n6)cc5)nc34)CC=C2c2ccccc21. The number of nitrogens with zero attached hydrogens (tertiary/aromatic N) is 6. The fraction of sp³-hybridized carbons (Fsp3) is 0.121. The smallest absolute Gasteiger partial charge is 0.160 e. The van der Waals surface area contributed by atoms with Crippen LogP contribution in [0.4, 0.5) is 0 Å². The first-order chi connectivity index (χ1) is 35.2. The van der Waals surface area contributed by atoms with Gasteiger partial charge >= 0.3 is 0 Å². The first kappa shape index (κ1) is 42.2. The third-order valence-corrected chi connectivity index (χ3v) is 15.7. The molecule has 3 aliphatic carbocycles. The highest BCUT2D eigenvalue weighted by Crippen LogP contribution is 2.54. The number of rotatable bonds is 6. The van der Waals surface area contributed by atoms with Crippen molar-refractivity contribution in [3.8, 4) is 67.4 Å². The highest BCUT2D eigenvalue weighted by Gasteiger charge is 2.40. The van der Waals surface area contributed by atoms with Gasteiger partial charge in [-0.05, 0) is 110 Å². The van der Waals surface area contributed by atoms with Gasteiger partial charge in [0.2, 0.25) is 0 Å². The largest absolute Gasteiger partial charge is 0.252 e. The standard InChI is InChI=1S/C66H48N6/c1-65(2)52-15-7-5-13-46(52)48-31-29-43(35-54(48)65)45-33-50(44-30-32-49-47-14-6-8-16-53(47)66(3,4)55(49)36-44)63-51(34-45)62(41-25-21-39(22-26-41)60-37-67-56-17-9-11-19-58(56)69-60)71-64(72-63)42-27-23-40(24-28-42)61-38-68-57-18-10-12-20-59(57)70-61/h5-29,31-38,44H,30H2,1-4H3. The Morgan fingerprint density at radius 3 is 1.64 bits per heavy atom. The predicted octanol–water partition coefficient (Wildman–Crippen LogP) is 15.9. The summed E-state index contributed by atoms with van der Waals surface area (Å²) in [6, 6.07) is 62.7. The highest BCUT2D eigenvalue weighted by molar-refractivity contribution is 6.00. The number of benzene rings is 8. The Morgan fingerprint density at radius 1 is 0.431 bits per heavy atom. The van der Waals surface area contributed by atoms with E-state index < -0.39 is 0 Å². The lowest BCUT2D eigenvalue weighted by Gasteiger charge is -2.28. The van der Waals surface area contributed by atoms with Crippen molar-refractivity contribution >= 4 is 38.5 Å². The van der Waals surface area contributed by atoms with Gasteiger partial charge in [0.05, 0.1) is 57.1 Å². The fourth-order valence-electron chi connectivity index (χ4n) is 11.9. The monoisotopic (exact) mass is 924 g/mol. The third-order valence-electron chi connectivity index (χ3n) is 15.7. The zero-order valence-electron chi connectivity index (χ0n) is 40.5. The summed E-state index contributed by atoms with van der Waals surface area (Å²) in [4.78, 5) is 30.6. The Labute approximate surface area is 418 Å². The van der Waals surface area contributed by atoms with Gasteiger partial charge in [-0.25, -0.2) is 19.9 Å². The molecule has 11 aromatic rings. The summed E-state index contributed by atoms with van der Waals surface area (Å²) in [5.41, 5.74) is 24.9. The highest BCUT2D eigenvalue weighted by atomic mass is 14.9. The molecule has 0 N–H and O–H groups in total. The summed E-state index contributed by atoms with van der Waals surface area (Å²) in [6.07, 6.45) is 9.60. The maximum atomic E-state index is 5.64. The van der Waals surface area contributed by atoms with Crippen LogP contribution in [0.3, 0.4) is 0 Å². The Kier molecular flexibility index (Phi) is 9.31. The second-order valence-electron chi connectivity index (χ2n) is 20.6. The normalized spacial score (nSPS) is 16.0. The summed E-state index contributed by atoms with van der Waals surface area (Å²) in [5, 5.41) is 1.01. The first-order valence-electron chi connectivity index (χ1n) is 24.9. The minimum Gasteiger partial charge on any atom is -0.252 e. The van der Waals surface area contributed by atoms with Gasteiger partial charge in [0.1, 0.15) is 0 Å². The summed E-state index contributed by atoms with van der Waals surface area (Å²) < 4.78 is 0. The predicted molar refractivity (Wildman–Crippen MR) is 293 cm³/mol. The van der Waals surface area contributed by atoms with E-state index in [1.807, 2.05) is 60.9 Å². The molecule has 342 valence electrons. The van der Waals surface area contributed by atoms with Crippen molar-refractivity contribution in [2.75, 3.05) is 0 Å². The van der Waals surface area contributed by atoms with Crippen LogP contribution in [0.25, 0.3) is 106 Å². The molecule has 1 atom stereocenters. The molecule has 3 heterocycles. The molecule has 6 nitrogen and oxygen atoms in total. The second-order valence-corrected chi connectivity index (χ2v) is 20.6. The number of para-hydroxylation sites is 4. The van der Waals surface area contributed by atoms with Crippen molar-refractivity contribution < 1.29 is 0 Å². The van der Waals surface area contributed by atoms with Crippen molar-refractivity contribution in [3.05, 3.63) is 234 Å². The maximum Gasteiger partial charge on any atom is 0.160 e. The number of allylic oxidation sites excluding steroid dienone is 4. The molecule has 1 unspecified atom stereocenters. The van der Waals surface area contributed by atoms with Crippen molar-refractivity contribution in [1.29, 1.82) is 0 Å². The van der Waals surface area contributed by atoms with E-state index in [1.165, 1.54) is 55.7 Å². The van der Waals surface area contributed by atoms with Crippen molar-refractivity contribution in [2.24, 2.45) is 0 Å². The van der Waals surface area contributed by atoms with Gasteiger partial charge in [-0.2, -0.15) is 0 Å². The Hall–Kier alpha value is -8.74. The molecule has 3 aliphatic rings. The van der Waals surface area contributed by atoms with Crippen molar-refractivity contribution in [2.45, 2.75) is 50.9 Å². The number of hydrogen-bond acceptors (Lipinski definition) is 6. The zero-order valence-corrected chi connectivity index (χ0v) is 40.5. The summed E-state index contributed by atoms with van der Waals surface area (Å²) in [5.74, 6) is 0.727. The van der Waals surface area contributed by atoms with E-state index in [4.69, 9.17) is 29.9 Å². The van der Waals surface area contributed by atoms with Gasteiger partial charge in [-0.1, -0.05) is 173 Å².